The first-order valence-electron chi connectivity index (χ1n) is 10.0. The third-order valence-corrected chi connectivity index (χ3v) is 7.24. The molecule has 0 saturated carbocycles. The summed E-state index contributed by atoms with van der Waals surface area (Å²) in [5.74, 6) is 0.230. The molecule has 2 atom stereocenters. The summed E-state index contributed by atoms with van der Waals surface area (Å²) in [4.78, 5) is 25.4. The quantitative estimate of drug-likeness (QED) is 0.520. The number of hydrogen-bond donors (Lipinski definition) is 0. The molecule has 0 unspecified atom stereocenters. The van der Waals surface area contributed by atoms with E-state index < -0.39 is 0 Å². The van der Waals surface area contributed by atoms with E-state index >= 15 is 0 Å². The minimum Gasteiger partial charge on any atom is -0.493 e. The van der Waals surface area contributed by atoms with Crippen molar-refractivity contribution in [1.29, 1.82) is 0 Å². The number of carbonyl (C=O) groups excluding carboxylic acids is 2. The van der Waals surface area contributed by atoms with Crippen molar-refractivity contribution in [3.63, 3.8) is 0 Å². The Bertz CT molecular complexity index is 765. The van der Waals surface area contributed by atoms with Crippen LogP contribution in [0.4, 0.5) is 0 Å². The fourth-order valence-corrected chi connectivity index (χ4v) is 5.35. The average Bonchev–Trinajstić information content (AvgIpc) is 2.61. The molecule has 0 spiro atoms. The van der Waals surface area contributed by atoms with Gasteiger partial charge in [-0.05, 0) is 55.3 Å². The Morgan fingerprint density at radius 3 is 2.41 bits per heavy atom. The molecular formula is C23H32O4. The predicted molar refractivity (Wildman–Crippen MR) is 105 cm³/mol. The average molecular weight is 373 g/mol. The molecule has 0 aromatic carbocycles. The summed E-state index contributed by atoms with van der Waals surface area (Å²) < 4.78 is 10.5. The second-order valence-corrected chi connectivity index (χ2v) is 9.15. The summed E-state index contributed by atoms with van der Waals surface area (Å²) in [6, 6.07) is 0. The lowest BCUT2D eigenvalue weighted by atomic mass is 9.55. The van der Waals surface area contributed by atoms with E-state index in [0.29, 0.717) is 17.9 Å². The minimum atomic E-state index is -0.283. The highest BCUT2D eigenvalue weighted by molar-refractivity contribution is 6.21. The lowest BCUT2D eigenvalue weighted by Gasteiger charge is -2.50. The van der Waals surface area contributed by atoms with E-state index in [1.807, 2.05) is 0 Å². The Kier molecular flexibility index (Phi) is 5.13. The van der Waals surface area contributed by atoms with Gasteiger partial charge in [0.15, 0.2) is 11.5 Å². The summed E-state index contributed by atoms with van der Waals surface area (Å²) in [5, 5.41) is 0. The molecule has 0 N–H and O–H groups in total. The molecule has 0 aliphatic heterocycles. The minimum absolute atomic E-state index is 0.112. The highest BCUT2D eigenvalue weighted by Crippen LogP contribution is 2.57. The number of rotatable bonds is 4. The third kappa shape index (κ3) is 3.17. The Morgan fingerprint density at radius 2 is 1.78 bits per heavy atom. The number of ether oxygens (including phenoxy) is 2. The van der Waals surface area contributed by atoms with E-state index in [9.17, 15) is 9.59 Å². The smallest absolute Gasteiger partial charge is 0.227 e. The molecule has 0 radical (unpaired) electrons. The van der Waals surface area contributed by atoms with Gasteiger partial charge in [-0.2, -0.15) is 0 Å². The molecule has 0 aromatic heterocycles. The topological polar surface area (TPSA) is 52.6 Å². The predicted octanol–water partition coefficient (Wildman–Crippen LogP) is 4.90. The lowest BCUT2D eigenvalue weighted by molar-refractivity contribution is -0.120. The van der Waals surface area contributed by atoms with Gasteiger partial charge in [-0.15, -0.1) is 0 Å². The van der Waals surface area contributed by atoms with Gasteiger partial charge in [0.2, 0.25) is 11.6 Å². The molecule has 0 aromatic rings. The van der Waals surface area contributed by atoms with Crippen LogP contribution in [0.5, 0.6) is 0 Å². The van der Waals surface area contributed by atoms with Crippen LogP contribution in [0.1, 0.15) is 66.2 Å². The first kappa shape index (κ1) is 19.9. The maximum Gasteiger partial charge on any atom is 0.227 e. The van der Waals surface area contributed by atoms with Crippen molar-refractivity contribution < 1.29 is 19.1 Å². The van der Waals surface area contributed by atoms with Crippen molar-refractivity contribution in [1.82, 2.24) is 0 Å². The van der Waals surface area contributed by atoms with Crippen LogP contribution in [0.15, 0.2) is 34.3 Å². The van der Waals surface area contributed by atoms with Crippen LogP contribution in [0, 0.1) is 16.7 Å². The van der Waals surface area contributed by atoms with Gasteiger partial charge in [-0.1, -0.05) is 38.8 Å². The zero-order valence-electron chi connectivity index (χ0n) is 17.5. The number of ketones is 2. The van der Waals surface area contributed by atoms with Gasteiger partial charge in [0.25, 0.3) is 0 Å². The van der Waals surface area contributed by atoms with Crippen molar-refractivity contribution in [2.75, 3.05) is 14.2 Å². The van der Waals surface area contributed by atoms with Crippen molar-refractivity contribution in [3.8, 4) is 0 Å². The number of methoxy groups -OCH3 is 2. The molecule has 3 aliphatic rings. The fraction of sp³-hybridized carbons (Fsp3) is 0.652. The standard InChI is InChI=1S/C23H32O4/c1-14-9-10-16-17(8-7-11-22(16,2)3)23(14,4)13-15-20(25)19(26-5)12-18(24)21(15)27-6/h12,14H,7-11,13H2,1-6H3/t14-,23+/m1/s1. The molecule has 4 heteroatoms. The Morgan fingerprint density at radius 1 is 1.07 bits per heavy atom. The molecule has 27 heavy (non-hydrogen) atoms. The van der Waals surface area contributed by atoms with Crippen LogP contribution >= 0.6 is 0 Å². The van der Waals surface area contributed by atoms with Crippen LogP contribution in [0.25, 0.3) is 0 Å². The van der Waals surface area contributed by atoms with Gasteiger partial charge in [-0.25, -0.2) is 0 Å². The zero-order valence-corrected chi connectivity index (χ0v) is 17.5. The molecule has 0 fully saturated rings. The second-order valence-electron chi connectivity index (χ2n) is 9.15. The Labute approximate surface area is 162 Å². The van der Waals surface area contributed by atoms with Crippen molar-refractivity contribution in [2.24, 2.45) is 16.7 Å². The van der Waals surface area contributed by atoms with Gasteiger partial charge in [0.1, 0.15) is 0 Å². The van der Waals surface area contributed by atoms with E-state index in [1.54, 1.807) is 5.57 Å². The molecule has 0 amide bonds. The van der Waals surface area contributed by atoms with E-state index in [2.05, 4.69) is 27.7 Å². The van der Waals surface area contributed by atoms with Crippen molar-refractivity contribution in [2.45, 2.75) is 66.2 Å². The molecule has 3 rings (SSSR count). The van der Waals surface area contributed by atoms with E-state index in [-0.39, 0.29) is 33.9 Å². The van der Waals surface area contributed by atoms with Gasteiger partial charge < -0.3 is 9.47 Å². The largest absolute Gasteiger partial charge is 0.493 e. The van der Waals surface area contributed by atoms with Crippen LogP contribution in [0.2, 0.25) is 0 Å². The molecule has 0 bridgehead atoms. The monoisotopic (exact) mass is 372 g/mol. The van der Waals surface area contributed by atoms with Crippen LogP contribution in [-0.4, -0.2) is 25.8 Å². The van der Waals surface area contributed by atoms with E-state index in [0.717, 1.165) is 19.3 Å². The molecular weight excluding hydrogens is 340 g/mol. The van der Waals surface area contributed by atoms with Gasteiger partial charge in [0.05, 0.1) is 19.8 Å². The van der Waals surface area contributed by atoms with Crippen LogP contribution < -0.4 is 0 Å². The van der Waals surface area contributed by atoms with Gasteiger partial charge in [0, 0.05) is 6.08 Å². The number of hydrogen-bond acceptors (Lipinski definition) is 4. The van der Waals surface area contributed by atoms with Gasteiger partial charge in [-0.3, -0.25) is 9.59 Å². The maximum absolute atomic E-state index is 13.0. The SMILES string of the molecule is COC1=CC(=O)C(OC)=C(C[C@]2(C)C3=C(CC[C@H]2C)C(C)(C)CCC3)C1=O. The maximum atomic E-state index is 13.0. The third-order valence-electron chi connectivity index (χ3n) is 7.24. The van der Waals surface area contributed by atoms with Crippen molar-refractivity contribution in [3.05, 3.63) is 34.3 Å². The Hall–Kier alpha value is -1.84. The normalized spacial score (nSPS) is 30.9. The summed E-state index contributed by atoms with van der Waals surface area (Å²) >= 11 is 0. The van der Waals surface area contributed by atoms with E-state index in [1.165, 1.54) is 38.7 Å². The molecule has 3 aliphatic carbocycles. The van der Waals surface area contributed by atoms with E-state index in [4.69, 9.17) is 9.47 Å². The van der Waals surface area contributed by atoms with Crippen LogP contribution in [-0.2, 0) is 19.1 Å². The molecule has 0 saturated heterocycles. The van der Waals surface area contributed by atoms with Gasteiger partial charge >= 0.3 is 0 Å². The van der Waals surface area contributed by atoms with Crippen LogP contribution in [0.3, 0.4) is 0 Å². The summed E-state index contributed by atoms with van der Waals surface area (Å²) in [5.41, 5.74) is 3.63. The summed E-state index contributed by atoms with van der Waals surface area (Å²) in [6.45, 7) is 9.24. The van der Waals surface area contributed by atoms with Crippen molar-refractivity contribution >= 4 is 11.6 Å². The highest BCUT2D eigenvalue weighted by atomic mass is 16.5. The Balaban J connectivity index is 2.08. The molecule has 0 heterocycles. The first-order chi connectivity index (χ1) is 12.7. The zero-order chi connectivity index (χ0) is 20.0. The molecule has 4 nitrogen and oxygen atoms in total. The lowest BCUT2D eigenvalue weighted by Crippen LogP contribution is -2.39. The number of carbonyl (C=O) groups is 2. The second kappa shape index (κ2) is 6.96. The fourth-order valence-electron chi connectivity index (χ4n) is 5.35. The summed E-state index contributed by atoms with van der Waals surface area (Å²) in [7, 11) is 2.90. The highest BCUT2D eigenvalue weighted by Gasteiger charge is 2.46. The molecule has 148 valence electrons. The summed E-state index contributed by atoms with van der Waals surface area (Å²) in [6.07, 6.45) is 7.51. The number of Topliss-reactive ketones (excluding diaryl/α,β-unsaturated/α-hetero) is 1. The first-order valence-corrected chi connectivity index (χ1v) is 10.0. The number of allylic oxidation sites excluding steroid dienone is 4.